The Labute approximate surface area is 127 Å². The number of nitrogens with zero attached hydrogens (tertiary/aromatic N) is 5. The summed E-state index contributed by atoms with van der Waals surface area (Å²) in [6, 6.07) is 1.76. The van der Waals surface area contributed by atoms with Crippen molar-refractivity contribution in [1.82, 2.24) is 24.6 Å². The zero-order valence-electron chi connectivity index (χ0n) is 13.2. The summed E-state index contributed by atoms with van der Waals surface area (Å²) in [5.74, 6) is 0.677. The molecule has 0 aromatic carbocycles. The number of rotatable bonds is 5. The van der Waals surface area contributed by atoms with Crippen LogP contribution in [0.4, 0.5) is 0 Å². The van der Waals surface area contributed by atoms with Crippen molar-refractivity contribution < 1.29 is 9.21 Å². The van der Waals surface area contributed by atoms with Gasteiger partial charge in [-0.3, -0.25) is 9.36 Å². The van der Waals surface area contributed by atoms with Gasteiger partial charge in [0.05, 0.1) is 6.54 Å². The van der Waals surface area contributed by atoms with Gasteiger partial charge in [0, 0.05) is 24.9 Å². The number of hydrogen-bond acceptors (Lipinski definition) is 6. The van der Waals surface area contributed by atoms with Crippen LogP contribution < -0.4 is 5.69 Å². The third-order valence-corrected chi connectivity index (χ3v) is 3.25. The normalized spacial score (nSPS) is 10.7. The van der Waals surface area contributed by atoms with Crippen molar-refractivity contribution in [1.29, 1.82) is 0 Å². The number of likely N-dealkylation sites (N-methyl/N-ethyl adjacent to an activating group) is 1. The van der Waals surface area contributed by atoms with Gasteiger partial charge in [-0.2, -0.15) is 4.98 Å². The van der Waals surface area contributed by atoms with Gasteiger partial charge in [-0.25, -0.2) is 4.79 Å². The first kappa shape index (κ1) is 15.9. The minimum absolute atomic E-state index is 0.0663. The molecule has 22 heavy (non-hydrogen) atoms. The third-order valence-electron chi connectivity index (χ3n) is 3.25. The maximum Gasteiger partial charge on any atom is 0.348 e. The van der Waals surface area contributed by atoms with Gasteiger partial charge in [-0.15, -0.1) is 10.2 Å². The fourth-order valence-corrected chi connectivity index (χ4v) is 2.01. The van der Waals surface area contributed by atoms with Gasteiger partial charge in [-0.05, 0) is 19.9 Å². The summed E-state index contributed by atoms with van der Waals surface area (Å²) >= 11 is 0. The second-order valence-corrected chi connectivity index (χ2v) is 5.10. The quantitative estimate of drug-likeness (QED) is 0.796. The van der Waals surface area contributed by atoms with Crippen LogP contribution in [-0.2, 0) is 24.3 Å². The van der Waals surface area contributed by atoms with Gasteiger partial charge in [0.15, 0.2) is 0 Å². The summed E-state index contributed by atoms with van der Waals surface area (Å²) < 4.78 is 6.71. The minimum Gasteiger partial charge on any atom is -0.423 e. The van der Waals surface area contributed by atoms with E-state index in [0.29, 0.717) is 29.6 Å². The molecule has 1 amide bonds. The number of carbonyl (C=O) groups is 1. The average Bonchev–Trinajstić information content (AvgIpc) is 2.90. The highest BCUT2D eigenvalue weighted by molar-refractivity contribution is 5.75. The highest BCUT2D eigenvalue weighted by atomic mass is 16.4. The van der Waals surface area contributed by atoms with Gasteiger partial charge in [0.25, 0.3) is 0 Å². The molecule has 0 N–H and O–H groups in total. The van der Waals surface area contributed by atoms with E-state index in [0.717, 1.165) is 0 Å². The van der Waals surface area contributed by atoms with E-state index in [-0.39, 0.29) is 19.0 Å². The van der Waals surface area contributed by atoms with Crippen LogP contribution in [0, 0.1) is 13.8 Å². The van der Waals surface area contributed by atoms with E-state index in [1.165, 1.54) is 9.47 Å². The summed E-state index contributed by atoms with van der Waals surface area (Å²) in [5, 5.41) is 7.72. The molecule has 2 heterocycles. The Bertz CT molecular complexity index is 734. The van der Waals surface area contributed by atoms with E-state index in [1.54, 1.807) is 27.0 Å². The highest BCUT2D eigenvalue weighted by Crippen LogP contribution is 2.05. The summed E-state index contributed by atoms with van der Waals surface area (Å²) in [6.45, 7) is 5.57. The molecule has 118 valence electrons. The Hall–Kier alpha value is -2.51. The molecule has 0 aliphatic carbocycles. The van der Waals surface area contributed by atoms with Crippen LogP contribution in [0.5, 0.6) is 0 Å². The molecule has 0 atom stereocenters. The molecule has 0 saturated heterocycles. The predicted octanol–water partition coefficient (Wildman–Crippen LogP) is 0.464. The van der Waals surface area contributed by atoms with Crippen LogP contribution in [0.15, 0.2) is 15.3 Å². The van der Waals surface area contributed by atoms with Crippen molar-refractivity contribution in [3.63, 3.8) is 0 Å². The summed E-state index contributed by atoms with van der Waals surface area (Å²) in [4.78, 5) is 29.4. The smallest absolute Gasteiger partial charge is 0.348 e. The van der Waals surface area contributed by atoms with Crippen molar-refractivity contribution in [2.45, 2.75) is 40.3 Å². The molecule has 8 heteroatoms. The Kier molecular flexibility index (Phi) is 4.69. The first-order chi connectivity index (χ1) is 10.4. The Morgan fingerprint density at radius 1 is 1.32 bits per heavy atom. The molecule has 0 saturated carbocycles. The number of hydrogen-bond donors (Lipinski definition) is 0. The lowest BCUT2D eigenvalue weighted by molar-refractivity contribution is -0.131. The zero-order valence-corrected chi connectivity index (χ0v) is 13.2. The summed E-state index contributed by atoms with van der Waals surface area (Å²) in [6.07, 6.45) is 0.647. The molecule has 8 nitrogen and oxygen atoms in total. The van der Waals surface area contributed by atoms with Gasteiger partial charge in [0.1, 0.15) is 6.54 Å². The first-order valence-electron chi connectivity index (χ1n) is 7.01. The minimum atomic E-state index is -0.426. The van der Waals surface area contributed by atoms with E-state index in [4.69, 9.17) is 4.42 Å². The second-order valence-electron chi connectivity index (χ2n) is 5.10. The maximum absolute atomic E-state index is 12.2. The number of aromatic nitrogens is 4. The monoisotopic (exact) mass is 305 g/mol. The van der Waals surface area contributed by atoms with Crippen molar-refractivity contribution in [3.05, 3.63) is 39.7 Å². The molecule has 0 bridgehead atoms. The molecular formula is C14H19N5O3. The average molecular weight is 305 g/mol. The second kappa shape index (κ2) is 6.50. The SMILES string of the molecule is CCc1nnc(CN(C)C(=O)Cn2c(C)cc(C)nc2=O)o1. The zero-order chi connectivity index (χ0) is 16.3. The first-order valence-corrected chi connectivity index (χ1v) is 7.01. The molecule has 0 aliphatic heterocycles. The Morgan fingerprint density at radius 2 is 2.00 bits per heavy atom. The van der Waals surface area contributed by atoms with Crippen LogP contribution >= 0.6 is 0 Å². The number of amides is 1. The lowest BCUT2D eigenvalue weighted by atomic mass is 10.3. The van der Waals surface area contributed by atoms with Crippen LogP contribution in [0.25, 0.3) is 0 Å². The molecule has 0 spiro atoms. The Morgan fingerprint density at radius 3 is 2.59 bits per heavy atom. The standard InChI is InChI=1S/C14H19N5O3/c1-5-11-16-17-12(22-11)7-18(4)13(20)8-19-10(3)6-9(2)15-14(19)21/h6H,5,7-8H2,1-4H3. The van der Waals surface area contributed by atoms with Crippen LogP contribution in [0.2, 0.25) is 0 Å². The molecular weight excluding hydrogens is 286 g/mol. The summed E-state index contributed by atoms with van der Waals surface area (Å²) in [7, 11) is 1.63. The van der Waals surface area contributed by atoms with Crippen LogP contribution in [0.3, 0.4) is 0 Å². The van der Waals surface area contributed by atoms with Crippen molar-refractivity contribution >= 4 is 5.91 Å². The Balaban J connectivity index is 2.07. The molecule has 0 fully saturated rings. The highest BCUT2D eigenvalue weighted by Gasteiger charge is 2.15. The predicted molar refractivity (Wildman–Crippen MR) is 78.1 cm³/mol. The maximum atomic E-state index is 12.2. The van der Waals surface area contributed by atoms with Crippen molar-refractivity contribution in [2.24, 2.45) is 0 Å². The number of aryl methyl sites for hydroxylation is 3. The van der Waals surface area contributed by atoms with Crippen molar-refractivity contribution in [3.8, 4) is 0 Å². The van der Waals surface area contributed by atoms with E-state index >= 15 is 0 Å². The van der Waals surface area contributed by atoms with Gasteiger partial charge < -0.3 is 9.32 Å². The molecule has 2 aromatic rings. The summed E-state index contributed by atoms with van der Waals surface area (Å²) in [5.41, 5.74) is 0.910. The fourth-order valence-electron chi connectivity index (χ4n) is 2.01. The fraction of sp³-hybridized carbons (Fsp3) is 0.500. The van der Waals surface area contributed by atoms with Gasteiger partial charge >= 0.3 is 5.69 Å². The van der Waals surface area contributed by atoms with Crippen LogP contribution in [0.1, 0.15) is 30.1 Å². The molecule has 0 aliphatic rings. The lowest BCUT2D eigenvalue weighted by Gasteiger charge is -2.16. The third kappa shape index (κ3) is 3.57. The molecule has 2 rings (SSSR count). The van der Waals surface area contributed by atoms with Gasteiger partial charge in [0.2, 0.25) is 17.7 Å². The van der Waals surface area contributed by atoms with E-state index < -0.39 is 5.69 Å². The largest absolute Gasteiger partial charge is 0.423 e. The van der Waals surface area contributed by atoms with E-state index in [2.05, 4.69) is 15.2 Å². The molecule has 0 radical (unpaired) electrons. The molecule has 0 unspecified atom stereocenters. The number of carbonyl (C=O) groups excluding carboxylic acids is 1. The van der Waals surface area contributed by atoms with E-state index in [9.17, 15) is 9.59 Å². The van der Waals surface area contributed by atoms with Crippen LogP contribution in [-0.4, -0.2) is 37.6 Å². The van der Waals surface area contributed by atoms with Crippen molar-refractivity contribution in [2.75, 3.05) is 7.05 Å². The topological polar surface area (TPSA) is 94.1 Å². The van der Waals surface area contributed by atoms with Gasteiger partial charge in [-0.1, -0.05) is 6.92 Å². The molecule has 2 aromatic heterocycles. The van der Waals surface area contributed by atoms with E-state index in [1.807, 2.05) is 6.92 Å². The lowest BCUT2D eigenvalue weighted by Crippen LogP contribution is -2.35.